The molecule has 0 radical (unpaired) electrons. The van der Waals surface area contributed by atoms with E-state index >= 15 is 0 Å². The average Bonchev–Trinajstić information content (AvgIpc) is 2.73. The van der Waals surface area contributed by atoms with Gasteiger partial charge in [0.15, 0.2) is 0 Å². The molecule has 2 atom stereocenters. The fourth-order valence-electron chi connectivity index (χ4n) is 2.90. The van der Waals surface area contributed by atoms with Gasteiger partial charge in [-0.3, -0.25) is 0 Å². The van der Waals surface area contributed by atoms with Crippen LogP contribution in [0.3, 0.4) is 0 Å². The Kier molecular flexibility index (Phi) is 3.16. The lowest BCUT2D eigenvalue weighted by molar-refractivity contribution is 0.0537. The highest BCUT2D eigenvalue weighted by Gasteiger charge is 2.22. The number of ether oxygens (including phenoxy) is 1. The Morgan fingerprint density at radius 2 is 2.41 bits per heavy atom. The predicted octanol–water partition coefficient (Wildman–Crippen LogP) is 1.16. The Morgan fingerprint density at radius 1 is 1.47 bits per heavy atom. The molecule has 1 N–H and O–H groups in total. The molecule has 2 unspecified atom stereocenters. The monoisotopic (exact) mass is 236 g/mol. The molecule has 0 amide bonds. The quantitative estimate of drug-likeness (QED) is 0.838. The molecular weight excluding hydrogens is 216 g/mol. The summed E-state index contributed by atoms with van der Waals surface area (Å²) in [5, 5.41) is 9.63. The number of hydrogen-bond donors (Lipinski definition) is 1. The Balaban J connectivity index is 1.71. The Morgan fingerprint density at radius 3 is 3.24 bits per heavy atom. The van der Waals surface area contributed by atoms with E-state index in [4.69, 9.17) is 4.74 Å². The zero-order valence-corrected chi connectivity index (χ0v) is 10.1. The zero-order valence-electron chi connectivity index (χ0n) is 10.1. The first-order valence-electron chi connectivity index (χ1n) is 6.62. The van der Waals surface area contributed by atoms with Gasteiger partial charge < -0.3 is 14.4 Å². The van der Waals surface area contributed by atoms with Gasteiger partial charge in [0.1, 0.15) is 5.82 Å². The molecule has 0 bridgehead atoms. The standard InChI is InChI=1S/C13H20N2O2/c16-12-3-4-15-11(7-12)8-14-13(15)6-10-2-1-5-17-9-10/h8,10,12,16H,1-7,9H2. The largest absolute Gasteiger partial charge is 0.393 e. The minimum atomic E-state index is -0.176. The van der Waals surface area contributed by atoms with Gasteiger partial charge >= 0.3 is 0 Å². The van der Waals surface area contributed by atoms with E-state index in [1.54, 1.807) is 0 Å². The first-order chi connectivity index (χ1) is 8.33. The van der Waals surface area contributed by atoms with Crippen molar-refractivity contribution in [3.8, 4) is 0 Å². The number of aliphatic hydroxyl groups excluding tert-OH is 1. The van der Waals surface area contributed by atoms with E-state index in [1.165, 1.54) is 24.4 Å². The molecule has 94 valence electrons. The van der Waals surface area contributed by atoms with E-state index in [1.807, 2.05) is 6.20 Å². The van der Waals surface area contributed by atoms with E-state index in [-0.39, 0.29) is 6.10 Å². The predicted molar refractivity (Wildman–Crippen MR) is 63.8 cm³/mol. The van der Waals surface area contributed by atoms with Crippen molar-refractivity contribution in [3.05, 3.63) is 17.7 Å². The number of aliphatic hydroxyl groups is 1. The second-order valence-corrected chi connectivity index (χ2v) is 5.25. The molecule has 0 saturated carbocycles. The number of rotatable bonds is 2. The van der Waals surface area contributed by atoms with Crippen molar-refractivity contribution in [1.29, 1.82) is 0 Å². The van der Waals surface area contributed by atoms with E-state index in [2.05, 4.69) is 9.55 Å². The fourth-order valence-corrected chi connectivity index (χ4v) is 2.90. The van der Waals surface area contributed by atoms with Crippen LogP contribution in [0.4, 0.5) is 0 Å². The first-order valence-corrected chi connectivity index (χ1v) is 6.62. The molecule has 2 aliphatic rings. The van der Waals surface area contributed by atoms with Crippen LogP contribution in [0.25, 0.3) is 0 Å². The first kappa shape index (κ1) is 11.2. The third-order valence-electron chi connectivity index (χ3n) is 3.88. The summed E-state index contributed by atoms with van der Waals surface area (Å²) in [6.45, 7) is 2.71. The van der Waals surface area contributed by atoms with Crippen LogP contribution < -0.4 is 0 Å². The summed E-state index contributed by atoms with van der Waals surface area (Å²) in [4.78, 5) is 4.52. The summed E-state index contributed by atoms with van der Waals surface area (Å²) in [5.41, 5.74) is 1.19. The van der Waals surface area contributed by atoms with Gasteiger partial charge in [-0.05, 0) is 25.2 Å². The summed E-state index contributed by atoms with van der Waals surface area (Å²) in [6.07, 6.45) is 6.83. The maximum absolute atomic E-state index is 9.63. The second kappa shape index (κ2) is 4.78. The van der Waals surface area contributed by atoms with E-state index < -0.39 is 0 Å². The van der Waals surface area contributed by atoms with Crippen LogP contribution in [-0.2, 0) is 24.1 Å². The van der Waals surface area contributed by atoms with Crippen LogP contribution in [0.2, 0.25) is 0 Å². The van der Waals surface area contributed by atoms with Gasteiger partial charge in [-0.1, -0.05) is 0 Å². The van der Waals surface area contributed by atoms with Gasteiger partial charge in [0.2, 0.25) is 0 Å². The molecule has 0 aromatic carbocycles. The molecule has 1 saturated heterocycles. The Bertz CT molecular complexity index is 383. The van der Waals surface area contributed by atoms with Crippen LogP contribution in [0, 0.1) is 5.92 Å². The van der Waals surface area contributed by atoms with Crippen molar-refractivity contribution in [1.82, 2.24) is 9.55 Å². The van der Waals surface area contributed by atoms with Crippen LogP contribution in [0.1, 0.15) is 30.8 Å². The molecule has 0 spiro atoms. The molecule has 2 aliphatic heterocycles. The molecule has 3 rings (SSSR count). The maximum Gasteiger partial charge on any atom is 0.109 e. The topological polar surface area (TPSA) is 47.3 Å². The molecule has 4 heteroatoms. The van der Waals surface area contributed by atoms with E-state index in [9.17, 15) is 5.11 Å². The molecule has 4 nitrogen and oxygen atoms in total. The van der Waals surface area contributed by atoms with Gasteiger partial charge in [-0.25, -0.2) is 4.98 Å². The smallest absolute Gasteiger partial charge is 0.109 e. The second-order valence-electron chi connectivity index (χ2n) is 5.25. The van der Waals surface area contributed by atoms with Gasteiger partial charge in [0.25, 0.3) is 0 Å². The summed E-state index contributed by atoms with van der Waals surface area (Å²) >= 11 is 0. The molecule has 1 aromatic heterocycles. The third kappa shape index (κ3) is 2.38. The summed E-state index contributed by atoms with van der Waals surface area (Å²) in [6, 6.07) is 0. The van der Waals surface area contributed by atoms with Crippen LogP contribution in [0.15, 0.2) is 6.20 Å². The molecular formula is C13H20N2O2. The number of aromatic nitrogens is 2. The lowest BCUT2D eigenvalue weighted by atomic mass is 9.98. The summed E-state index contributed by atoms with van der Waals surface area (Å²) < 4.78 is 7.81. The third-order valence-corrected chi connectivity index (χ3v) is 3.88. The van der Waals surface area contributed by atoms with Crippen LogP contribution in [0.5, 0.6) is 0 Å². The van der Waals surface area contributed by atoms with E-state index in [0.29, 0.717) is 5.92 Å². The van der Waals surface area contributed by atoms with Crippen molar-refractivity contribution in [2.24, 2.45) is 5.92 Å². The number of nitrogens with zero attached hydrogens (tertiary/aromatic N) is 2. The highest BCUT2D eigenvalue weighted by Crippen LogP contribution is 2.22. The molecule has 3 heterocycles. The van der Waals surface area contributed by atoms with Gasteiger partial charge in [-0.15, -0.1) is 0 Å². The molecule has 0 aliphatic carbocycles. The number of fused-ring (bicyclic) bond motifs is 1. The summed E-state index contributed by atoms with van der Waals surface area (Å²) in [7, 11) is 0. The fraction of sp³-hybridized carbons (Fsp3) is 0.769. The summed E-state index contributed by atoms with van der Waals surface area (Å²) in [5.74, 6) is 1.81. The Hall–Kier alpha value is -0.870. The van der Waals surface area contributed by atoms with Gasteiger partial charge in [0, 0.05) is 44.5 Å². The molecule has 1 fully saturated rings. The van der Waals surface area contributed by atoms with Crippen LogP contribution >= 0.6 is 0 Å². The highest BCUT2D eigenvalue weighted by molar-refractivity contribution is 5.10. The lowest BCUT2D eigenvalue weighted by Gasteiger charge is -2.24. The highest BCUT2D eigenvalue weighted by atomic mass is 16.5. The Labute approximate surface area is 102 Å². The maximum atomic E-state index is 9.63. The number of imidazole rings is 1. The zero-order chi connectivity index (χ0) is 11.7. The SMILES string of the molecule is OC1CCn2c(cnc2CC2CCCOC2)C1. The van der Waals surface area contributed by atoms with Crippen molar-refractivity contribution >= 4 is 0 Å². The number of hydrogen-bond acceptors (Lipinski definition) is 3. The lowest BCUT2D eigenvalue weighted by Crippen LogP contribution is -2.26. The van der Waals surface area contributed by atoms with Crippen molar-refractivity contribution in [2.75, 3.05) is 13.2 Å². The minimum absolute atomic E-state index is 0.176. The van der Waals surface area contributed by atoms with E-state index in [0.717, 1.165) is 39.0 Å². The van der Waals surface area contributed by atoms with Crippen molar-refractivity contribution in [2.45, 2.75) is 44.8 Å². The normalized spacial score (nSPS) is 29.0. The van der Waals surface area contributed by atoms with Gasteiger partial charge in [0.05, 0.1) is 6.10 Å². The van der Waals surface area contributed by atoms with Crippen molar-refractivity contribution < 1.29 is 9.84 Å². The van der Waals surface area contributed by atoms with Gasteiger partial charge in [-0.2, -0.15) is 0 Å². The average molecular weight is 236 g/mol. The molecule has 17 heavy (non-hydrogen) atoms. The molecule has 1 aromatic rings. The minimum Gasteiger partial charge on any atom is -0.393 e. The van der Waals surface area contributed by atoms with Crippen molar-refractivity contribution in [3.63, 3.8) is 0 Å². The van der Waals surface area contributed by atoms with Crippen LogP contribution in [-0.4, -0.2) is 34.0 Å².